The van der Waals surface area contributed by atoms with Gasteiger partial charge in [0.05, 0.1) is 0 Å². The van der Waals surface area contributed by atoms with Gasteiger partial charge >= 0.3 is 0 Å². The maximum atomic E-state index is 14.1. The molecule has 2 nitrogen and oxygen atoms in total. The van der Waals surface area contributed by atoms with Gasteiger partial charge in [0.25, 0.3) is 0 Å². The first-order valence-corrected chi connectivity index (χ1v) is 7.20. The molecule has 3 heteroatoms. The third kappa shape index (κ3) is 3.31. The van der Waals surface area contributed by atoms with Gasteiger partial charge in [-0.1, -0.05) is 48.5 Å². The Kier molecular flexibility index (Phi) is 4.31. The molecule has 0 unspecified atom stereocenters. The Morgan fingerprint density at radius 2 is 1.90 bits per heavy atom. The molecule has 1 N–H and O–H groups in total. The molecule has 0 aromatic heterocycles. The van der Waals surface area contributed by atoms with Crippen molar-refractivity contribution in [1.82, 2.24) is 5.32 Å². The third-order valence-electron chi connectivity index (χ3n) is 3.60. The summed E-state index contributed by atoms with van der Waals surface area (Å²) >= 11 is 0. The lowest BCUT2D eigenvalue weighted by atomic mass is 9.99. The Bertz CT molecular complexity index is 637. The van der Waals surface area contributed by atoms with Gasteiger partial charge in [-0.05, 0) is 30.2 Å². The second-order valence-corrected chi connectivity index (χ2v) is 5.07. The number of benzene rings is 2. The van der Waals surface area contributed by atoms with Crippen molar-refractivity contribution in [1.29, 1.82) is 0 Å². The van der Waals surface area contributed by atoms with E-state index in [1.807, 2.05) is 36.4 Å². The van der Waals surface area contributed by atoms with Gasteiger partial charge in [-0.15, -0.1) is 0 Å². The van der Waals surface area contributed by atoms with E-state index >= 15 is 0 Å². The molecule has 1 heterocycles. The Hall–Kier alpha value is -2.13. The zero-order valence-electron chi connectivity index (χ0n) is 11.8. The van der Waals surface area contributed by atoms with E-state index in [9.17, 15) is 4.39 Å². The van der Waals surface area contributed by atoms with Crippen molar-refractivity contribution in [2.75, 3.05) is 13.1 Å². The van der Waals surface area contributed by atoms with Gasteiger partial charge in [0, 0.05) is 12.1 Å². The lowest BCUT2D eigenvalue weighted by molar-refractivity contribution is 0.289. The van der Waals surface area contributed by atoms with E-state index in [2.05, 4.69) is 11.4 Å². The predicted molar refractivity (Wildman–Crippen MR) is 82.6 cm³/mol. The van der Waals surface area contributed by atoms with Gasteiger partial charge in [-0.25, -0.2) is 4.39 Å². The third-order valence-corrected chi connectivity index (χ3v) is 3.60. The number of hydrogen-bond donors (Lipinski definition) is 1. The maximum Gasteiger partial charge on any atom is 0.165 e. The van der Waals surface area contributed by atoms with Crippen LogP contribution in [0.4, 0.5) is 4.39 Å². The van der Waals surface area contributed by atoms with Gasteiger partial charge in [-0.2, -0.15) is 0 Å². The first-order valence-electron chi connectivity index (χ1n) is 7.20. The Balaban J connectivity index is 1.85. The fraction of sp³-hybridized carbons (Fsp3) is 0.222. The summed E-state index contributed by atoms with van der Waals surface area (Å²) < 4.78 is 19.9. The molecular formula is C18H18FNO. The number of para-hydroxylation sites is 1. The van der Waals surface area contributed by atoms with Crippen molar-refractivity contribution in [3.8, 4) is 5.75 Å². The summed E-state index contributed by atoms with van der Waals surface area (Å²) in [6, 6.07) is 14.9. The molecule has 0 atom stereocenters. The highest BCUT2D eigenvalue weighted by atomic mass is 19.1. The topological polar surface area (TPSA) is 21.3 Å². The van der Waals surface area contributed by atoms with Crippen LogP contribution in [-0.4, -0.2) is 13.1 Å². The van der Waals surface area contributed by atoms with Crippen LogP contribution < -0.4 is 10.1 Å². The first kappa shape index (κ1) is 13.8. The van der Waals surface area contributed by atoms with Crippen LogP contribution in [0, 0.1) is 5.82 Å². The smallest absolute Gasteiger partial charge is 0.165 e. The summed E-state index contributed by atoms with van der Waals surface area (Å²) in [4.78, 5) is 0. The Labute approximate surface area is 124 Å². The summed E-state index contributed by atoms with van der Waals surface area (Å²) in [6.45, 7) is 2.12. The van der Waals surface area contributed by atoms with Crippen molar-refractivity contribution in [2.45, 2.75) is 13.0 Å². The molecule has 0 saturated heterocycles. The van der Waals surface area contributed by atoms with Gasteiger partial charge in [-0.3, -0.25) is 0 Å². The lowest BCUT2D eigenvalue weighted by Gasteiger charge is -2.18. The summed E-state index contributed by atoms with van der Waals surface area (Å²) in [5.74, 6) is 0.0531. The van der Waals surface area contributed by atoms with Crippen LogP contribution in [0.25, 0.3) is 5.57 Å². The van der Waals surface area contributed by atoms with Gasteiger partial charge in [0.1, 0.15) is 6.61 Å². The first-order chi connectivity index (χ1) is 10.3. The number of halogens is 1. The highest BCUT2D eigenvalue weighted by Gasteiger charge is 2.15. The molecule has 0 spiro atoms. The van der Waals surface area contributed by atoms with Crippen LogP contribution in [0.3, 0.4) is 0 Å². The van der Waals surface area contributed by atoms with Crippen LogP contribution in [0.15, 0.2) is 54.6 Å². The Morgan fingerprint density at radius 1 is 1.05 bits per heavy atom. The summed E-state index contributed by atoms with van der Waals surface area (Å²) in [6.07, 6.45) is 3.00. The normalized spacial score (nSPS) is 14.6. The van der Waals surface area contributed by atoms with Gasteiger partial charge < -0.3 is 10.1 Å². The zero-order chi connectivity index (χ0) is 14.5. The second kappa shape index (κ2) is 6.55. The van der Waals surface area contributed by atoms with Crippen molar-refractivity contribution < 1.29 is 9.13 Å². The fourth-order valence-electron chi connectivity index (χ4n) is 2.51. The van der Waals surface area contributed by atoms with Crippen molar-refractivity contribution in [2.24, 2.45) is 0 Å². The summed E-state index contributed by atoms with van der Waals surface area (Å²) in [5, 5.41) is 3.27. The molecule has 1 aliphatic heterocycles. The monoisotopic (exact) mass is 283 g/mol. The molecule has 2 aromatic carbocycles. The largest absolute Gasteiger partial charge is 0.485 e. The average Bonchev–Trinajstić information content (AvgIpc) is 2.55. The standard InChI is InChI=1S/C18H18FNO/c19-17-8-4-7-16(15-9-11-20-12-10-15)18(17)21-13-14-5-2-1-3-6-14/h1-9,20H,10-13H2. The molecule has 0 saturated carbocycles. The van der Waals surface area contributed by atoms with Crippen LogP contribution >= 0.6 is 0 Å². The number of ether oxygens (including phenoxy) is 1. The van der Waals surface area contributed by atoms with Crippen molar-refractivity contribution >= 4 is 5.57 Å². The quantitative estimate of drug-likeness (QED) is 0.922. The van der Waals surface area contributed by atoms with Gasteiger partial charge in [0.15, 0.2) is 11.6 Å². The molecule has 0 aliphatic carbocycles. The SMILES string of the molecule is Fc1cccc(C2=CCNCC2)c1OCc1ccccc1. The number of hydrogen-bond acceptors (Lipinski definition) is 2. The molecule has 2 aromatic rings. The summed E-state index contributed by atoms with van der Waals surface area (Å²) in [7, 11) is 0. The maximum absolute atomic E-state index is 14.1. The van der Waals surface area contributed by atoms with E-state index in [0.29, 0.717) is 12.4 Å². The molecule has 3 rings (SSSR count). The molecule has 1 aliphatic rings. The van der Waals surface area contributed by atoms with E-state index < -0.39 is 0 Å². The highest BCUT2D eigenvalue weighted by Crippen LogP contribution is 2.32. The van der Waals surface area contributed by atoms with Crippen LogP contribution in [-0.2, 0) is 6.61 Å². The van der Waals surface area contributed by atoms with Gasteiger partial charge in [0.2, 0.25) is 0 Å². The lowest BCUT2D eigenvalue weighted by Crippen LogP contribution is -2.20. The second-order valence-electron chi connectivity index (χ2n) is 5.07. The molecule has 21 heavy (non-hydrogen) atoms. The molecule has 108 valence electrons. The van der Waals surface area contributed by atoms with Crippen molar-refractivity contribution in [3.63, 3.8) is 0 Å². The molecular weight excluding hydrogens is 265 g/mol. The van der Waals surface area contributed by atoms with E-state index in [1.54, 1.807) is 6.07 Å². The van der Waals surface area contributed by atoms with Crippen LogP contribution in [0.5, 0.6) is 5.75 Å². The number of nitrogens with one attached hydrogen (secondary N) is 1. The van der Waals surface area contributed by atoms with E-state index in [1.165, 1.54) is 6.07 Å². The van der Waals surface area contributed by atoms with E-state index in [0.717, 1.165) is 36.2 Å². The molecule has 0 bridgehead atoms. The number of rotatable bonds is 4. The minimum absolute atomic E-state index is 0.303. The van der Waals surface area contributed by atoms with E-state index in [4.69, 9.17) is 4.74 Å². The molecule has 0 radical (unpaired) electrons. The fourth-order valence-corrected chi connectivity index (χ4v) is 2.51. The average molecular weight is 283 g/mol. The van der Waals surface area contributed by atoms with Crippen LogP contribution in [0.2, 0.25) is 0 Å². The minimum Gasteiger partial charge on any atom is -0.485 e. The summed E-state index contributed by atoms with van der Waals surface area (Å²) in [5.41, 5.74) is 3.05. The zero-order valence-corrected chi connectivity index (χ0v) is 11.8. The molecule has 0 amide bonds. The minimum atomic E-state index is -0.303. The molecule has 0 fully saturated rings. The predicted octanol–water partition coefficient (Wildman–Crippen LogP) is 3.78. The highest BCUT2D eigenvalue weighted by molar-refractivity contribution is 5.71. The van der Waals surface area contributed by atoms with Crippen LogP contribution in [0.1, 0.15) is 17.5 Å². The van der Waals surface area contributed by atoms with Crippen molar-refractivity contribution in [3.05, 3.63) is 71.6 Å². The Morgan fingerprint density at radius 3 is 2.67 bits per heavy atom. The van der Waals surface area contributed by atoms with E-state index in [-0.39, 0.29) is 5.82 Å².